The van der Waals surface area contributed by atoms with Gasteiger partial charge in [0.15, 0.2) is 0 Å². The first-order chi connectivity index (χ1) is 15.3. The first kappa shape index (κ1) is 21.5. The highest BCUT2D eigenvalue weighted by atomic mass is 19.4. The topological polar surface area (TPSA) is 89.6 Å². The zero-order valence-electron chi connectivity index (χ0n) is 17.1. The highest BCUT2D eigenvalue weighted by Gasteiger charge is 2.35. The number of hydrogen-bond donors (Lipinski definition) is 1. The Bertz CT molecular complexity index is 1130. The molecule has 4 rings (SSSR count). The minimum absolute atomic E-state index is 0.133. The predicted octanol–water partition coefficient (Wildman–Crippen LogP) is 3.41. The number of likely N-dealkylation sites (tertiary alicyclic amines) is 1. The van der Waals surface area contributed by atoms with E-state index in [-0.39, 0.29) is 30.6 Å². The lowest BCUT2D eigenvalue weighted by Gasteiger charge is -2.38. The number of rotatable bonds is 6. The number of aromatic amines is 1. The van der Waals surface area contributed by atoms with Gasteiger partial charge in [0.25, 0.3) is 5.91 Å². The maximum absolute atomic E-state index is 12.8. The number of nitrogens with one attached hydrogen (secondary N) is 1. The molecule has 0 bridgehead atoms. The molecule has 1 aliphatic rings. The van der Waals surface area contributed by atoms with Crippen LogP contribution in [0.2, 0.25) is 0 Å². The molecule has 0 aliphatic carbocycles. The second kappa shape index (κ2) is 8.40. The van der Waals surface area contributed by atoms with E-state index >= 15 is 0 Å². The lowest BCUT2D eigenvalue weighted by Crippen LogP contribution is -2.56. The zero-order chi connectivity index (χ0) is 22.9. The van der Waals surface area contributed by atoms with E-state index in [2.05, 4.69) is 15.2 Å². The second-order valence-electron chi connectivity index (χ2n) is 7.06. The third-order valence-corrected chi connectivity index (χ3v) is 4.98. The van der Waals surface area contributed by atoms with Crippen LogP contribution >= 0.6 is 0 Å². The molecule has 8 nitrogen and oxygen atoms in total. The SMILES string of the molecule is COc1ccc(OC)c(-c2cc(C(=O)N3CC(Oc4cc(C(F)(F)F)ccn4)C3)[nH]n2)c1. The van der Waals surface area contributed by atoms with Gasteiger partial charge in [0.05, 0.1) is 38.6 Å². The summed E-state index contributed by atoms with van der Waals surface area (Å²) in [5.41, 5.74) is 0.585. The van der Waals surface area contributed by atoms with Gasteiger partial charge in [-0.3, -0.25) is 9.89 Å². The fraction of sp³-hybridized carbons (Fsp3) is 0.286. The maximum Gasteiger partial charge on any atom is 0.416 e. The van der Waals surface area contributed by atoms with Crippen molar-refractivity contribution in [2.75, 3.05) is 27.3 Å². The molecule has 0 spiro atoms. The summed E-state index contributed by atoms with van der Waals surface area (Å²) in [7, 11) is 3.08. The van der Waals surface area contributed by atoms with Crippen molar-refractivity contribution in [1.82, 2.24) is 20.1 Å². The molecule has 32 heavy (non-hydrogen) atoms. The van der Waals surface area contributed by atoms with Gasteiger partial charge >= 0.3 is 6.18 Å². The molecule has 1 fully saturated rings. The van der Waals surface area contributed by atoms with Gasteiger partial charge in [-0.25, -0.2) is 4.98 Å². The summed E-state index contributed by atoms with van der Waals surface area (Å²) in [6, 6.07) is 8.55. The number of H-pyrrole nitrogens is 1. The maximum atomic E-state index is 12.8. The van der Waals surface area contributed by atoms with Crippen molar-refractivity contribution in [3.05, 3.63) is 53.9 Å². The first-order valence-electron chi connectivity index (χ1n) is 9.55. The third-order valence-electron chi connectivity index (χ3n) is 4.98. The van der Waals surface area contributed by atoms with E-state index in [0.29, 0.717) is 22.8 Å². The Labute approximate surface area is 180 Å². The van der Waals surface area contributed by atoms with Gasteiger partial charge in [-0.05, 0) is 30.3 Å². The van der Waals surface area contributed by atoms with Crippen LogP contribution in [0, 0.1) is 0 Å². The number of alkyl halides is 3. The molecule has 0 unspecified atom stereocenters. The number of methoxy groups -OCH3 is 2. The van der Waals surface area contributed by atoms with E-state index in [1.807, 2.05) is 0 Å². The van der Waals surface area contributed by atoms with E-state index in [0.717, 1.165) is 18.3 Å². The largest absolute Gasteiger partial charge is 0.497 e. The lowest BCUT2D eigenvalue weighted by molar-refractivity contribution is -0.137. The highest BCUT2D eigenvalue weighted by Crippen LogP contribution is 2.33. The fourth-order valence-electron chi connectivity index (χ4n) is 3.25. The number of pyridine rings is 1. The molecule has 1 amide bonds. The van der Waals surface area contributed by atoms with Crippen LogP contribution in [0.25, 0.3) is 11.3 Å². The van der Waals surface area contributed by atoms with Gasteiger partial charge in [-0.1, -0.05) is 0 Å². The number of ether oxygens (including phenoxy) is 3. The van der Waals surface area contributed by atoms with E-state index in [4.69, 9.17) is 14.2 Å². The van der Waals surface area contributed by atoms with Gasteiger partial charge < -0.3 is 19.1 Å². The van der Waals surface area contributed by atoms with Crippen LogP contribution < -0.4 is 14.2 Å². The molecular weight excluding hydrogens is 429 g/mol. The fourth-order valence-corrected chi connectivity index (χ4v) is 3.25. The van der Waals surface area contributed by atoms with Crippen molar-refractivity contribution in [3.63, 3.8) is 0 Å². The Balaban J connectivity index is 1.40. The zero-order valence-corrected chi connectivity index (χ0v) is 17.1. The van der Waals surface area contributed by atoms with Crippen LogP contribution in [0.1, 0.15) is 16.1 Å². The van der Waals surface area contributed by atoms with Crippen molar-refractivity contribution in [3.8, 4) is 28.6 Å². The molecule has 1 N–H and O–H groups in total. The van der Waals surface area contributed by atoms with Crippen LogP contribution in [0.4, 0.5) is 13.2 Å². The summed E-state index contributed by atoms with van der Waals surface area (Å²) in [5.74, 6) is 0.748. The van der Waals surface area contributed by atoms with E-state index in [1.165, 1.54) is 12.0 Å². The average Bonchev–Trinajstić information content (AvgIpc) is 3.25. The average molecular weight is 448 g/mol. The van der Waals surface area contributed by atoms with E-state index < -0.39 is 17.8 Å². The van der Waals surface area contributed by atoms with Gasteiger partial charge in [-0.15, -0.1) is 0 Å². The number of halogens is 3. The number of carbonyl (C=O) groups is 1. The minimum atomic E-state index is -4.48. The number of hydrogen-bond acceptors (Lipinski definition) is 6. The predicted molar refractivity (Wildman–Crippen MR) is 107 cm³/mol. The third kappa shape index (κ3) is 4.32. The summed E-state index contributed by atoms with van der Waals surface area (Å²) in [6.45, 7) is 0.432. The number of nitrogens with zero attached hydrogens (tertiary/aromatic N) is 3. The minimum Gasteiger partial charge on any atom is -0.497 e. The van der Waals surface area contributed by atoms with Crippen molar-refractivity contribution in [1.29, 1.82) is 0 Å². The summed E-state index contributed by atoms with van der Waals surface area (Å²) in [6.07, 6.45) is -3.89. The molecule has 2 aromatic heterocycles. The summed E-state index contributed by atoms with van der Waals surface area (Å²) < 4.78 is 54.5. The van der Waals surface area contributed by atoms with E-state index in [9.17, 15) is 18.0 Å². The van der Waals surface area contributed by atoms with Gasteiger partial charge in [0, 0.05) is 17.8 Å². The number of benzene rings is 1. The van der Waals surface area contributed by atoms with Crippen molar-refractivity contribution in [2.24, 2.45) is 0 Å². The number of aromatic nitrogens is 3. The lowest BCUT2D eigenvalue weighted by atomic mass is 10.1. The molecule has 0 atom stereocenters. The van der Waals surface area contributed by atoms with Crippen LogP contribution in [-0.4, -0.2) is 59.4 Å². The van der Waals surface area contributed by atoms with Gasteiger partial charge in [0.1, 0.15) is 23.3 Å². The molecular formula is C21H19F3N4O4. The quantitative estimate of drug-likeness (QED) is 0.622. The standard InChI is InChI=1S/C21H19F3N4O4/c1-30-13-3-4-18(31-2)15(8-13)16-9-17(27-26-16)20(29)28-10-14(11-28)32-19-7-12(5-6-25-19)21(22,23)24/h3-9,14H,10-11H2,1-2H3,(H,26,27). The molecule has 0 saturated carbocycles. The smallest absolute Gasteiger partial charge is 0.416 e. The highest BCUT2D eigenvalue weighted by molar-refractivity contribution is 5.94. The molecule has 168 valence electrons. The Hall–Kier alpha value is -3.76. The van der Waals surface area contributed by atoms with Crippen LogP contribution in [0.3, 0.4) is 0 Å². The second-order valence-corrected chi connectivity index (χ2v) is 7.06. The van der Waals surface area contributed by atoms with Crippen molar-refractivity contribution < 1.29 is 32.2 Å². The molecule has 1 aromatic carbocycles. The molecule has 3 heterocycles. The first-order valence-corrected chi connectivity index (χ1v) is 9.55. The van der Waals surface area contributed by atoms with Crippen LogP contribution in [0.15, 0.2) is 42.6 Å². The summed E-state index contributed by atoms with van der Waals surface area (Å²) in [5, 5.41) is 6.91. The Morgan fingerprint density at radius 1 is 1.12 bits per heavy atom. The molecule has 11 heteroatoms. The van der Waals surface area contributed by atoms with Gasteiger partial charge in [0.2, 0.25) is 5.88 Å². The number of carbonyl (C=O) groups excluding carboxylic acids is 1. The van der Waals surface area contributed by atoms with Crippen molar-refractivity contribution >= 4 is 5.91 Å². The summed E-state index contributed by atoms with van der Waals surface area (Å²) in [4.78, 5) is 18.0. The Morgan fingerprint density at radius 3 is 2.59 bits per heavy atom. The molecule has 1 aliphatic heterocycles. The Morgan fingerprint density at radius 2 is 1.91 bits per heavy atom. The monoisotopic (exact) mass is 448 g/mol. The Kier molecular flexibility index (Phi) is 5.64. The van der Waals surface area contributed by atoms with Crippen molar-refractivity contribution in [2.45, 2.75) is 12.3 Å². The van der Waals surface area contributed by atoms with Crippen LogP contribution in [0.5, 0.6) is 17.4 Å². The molecule has 3 aromatic rings. The van der Waals surface area contributed by atoms with Gasteiger partial charge in [-0.2, -0.15) is 18.3 Å². The van der Waals surface area contributed by atoms with Crippen LogP contribution in [-0.2, 0) is 6.18 Å². The number of amides is 1. The van der Waals surface area contributed by atoms with E-state index in [1.54, 1.807) is 31.4 Å². The molecule has 1 saturated heterocycles. The normalized spacial score (nSPS) is 14.1. The molecule has 0 radical (unpaired) electrons. The summed E-state index contributed by atoms with van der Waals surface area (Å²) >= 11 is 0.